The fourth-order valence-electron chi connectivity index (χ4n) is 3.59. The van der Waals surface area contributed by atoms with Crippen molar-refractivity contribution in [2.45, 2.75) is 6.17 Å². The number of para-hydroxylation sites is 2. The van der Waals surface area contributed by atoms with Crippen LogP contribution in [0.15, 0.2) is 66.7 Å². The predicted octanol–water partition coefficient (Wildman–Crippen LogP) is 4.48. The molecule has 3 aromatic carbocycles. The number of nitrogens with zero attached hydrogens (tertiary/aromatic N) is 1. The Morgan fingerprint density at radius 3 is 2.10 bits per heavy atom. The number of rotatable bonds is 5. The van der Waals surface area contributed by atoms with Gasteiger partial charge in [-0.3, -0.25) is 9.69 Å². The van der Waals surface area contributed by atoms with Crippen molar-refractivity contribution < 1.29 is 19.0 Å². The lowest BCUT2D eigenvalue weighted by Gasteiger charge is -2.38. The van der Waals surface area contributed by atoms with Crippen molar-refractivity contribution in [1.82, 2.24) is 0 Å². The largest absolute Gasteiger partial charge is 0.496 e. The van der Waals surface area contributed by atoms with Gasteiger partial charge in [-0.05, 0) is 30.3 Å². The molecule has 0 fully saturated rings. The molecule has 0 radical (unpaired) electrons. The van der Waals surface area contributed by atoms with E-state index in [9.17, 15) is 4.79 Å². The maximum atomic E-state index is 13.5. The molecule has 6 nitrogen and oxygen atoms in total. The summed E-state index contributed by atoms with van der Waals surface area (Å²) < 4.78 is 16.5. The molecule has 1 aliphatic rings. The first-order valence-electron chi connectivity index (χ1n) is 9.22. The molecule has 29 heavy (non-hydrogen) atoms. The Morgan fingerprint density at radius 1 is 0.793 bits per heavy atom. The third-order valence-electron chi connectivity index (χ3n) is 4.99. The van der Waals surface area contributed by atoms with Gasteiger partial charge in [0, 0.05) is 23.0 Å². The molecule has 1 amide bonds. The number of carbonyl (C=O) groups is 1. The van der Waals surface area contributed by atoms with E-state index in [1.54, 1.807) is 32.3 Å². The molecule has 0 saturated carbocycles. The van der Waals surface area contributed by atoms with Crippen LogP contribution in [0, 0.1) is 0 Å². The van der Waals surface area contributed by atoms with Gasteiger partial charge < -0.3 is 19.5 Å². The third kappa shape index (κ3) is 3.23. The van der Waals surface area contributed by atoms with Crippen LogP contribution in [-0.2, 0) is 0 Å². The summed E-state index contributed by atoms with van der Waals surface area (Å²) in [6.07, 6.45) is -0.491. The van der Waals surface area contributed by atoms with Crippen molar-refractivity contribution in [2.75, 3.05) is 31.5 Å². The van der Waals surface area contributed by atoms with Gasteiger partial charge in [-0.2, -0.15) is 0 Å². The number of hydrogen-bond acceptors (Lipinski definition) is 5. The normalized spacial score (nSPS) is 15.3. The first-order chi connectivity index (χ1) is 14.2. The first-order valence-corrected chi connectivity index (χ1v) is 9.22. The molecule has 148 valence electrons. The van der Waals surface area contributed by atoms with Gasteiger partial charge in [0.2, 0.25) is 0 Å². The van der Waals surface area contributed by atoms with Crippen molar-refractivity contribution >= 4 is 17.3 Å². The Balaban J connectivity index is 1.92. The second kappa shape index (κ2) is 7.75. The molecule has 0 unspecified atom stereocenters. The van der Waals surface area contributed by atoms with Crippen LogP contribution in [0.4, 0.5) is 11.4 Å². The van der Waals surface area contributed by atoms with E-state index in [1.165, 1.54) is 0 Å². The number of nitrogens with one attached hydrogen (secondary N) is 1. The van der Waals surface area contributed by atoms with E-state index in [0.29, 0.717) is 22.8 Å². The average Bonchev–Trinajstić information content (AvgIpc) is 2.78. The molecule has 4 rings (SSSR count). The number of hydrogen-bond donors (Lipinski definition) is 1. The fraction of sp³-hybridized carbons (Fsp3) is 0.174. The molecular weight excluding hydrogens is 368 g/mol. The standard InChI is InChI=1S/C23H22N2O4/c1-27-19-14-21(29-3)20(28-2)13-17(19)22-24-18-12-8-7-11-16(18)23(26)25(22)15-9-5-4-6-10-15/h4-14,22,24H,1-3H3/t22-/m1/s1. The minimum absolute atomic E-state index is 0.0904. The van der Waals surface area contributed by atoms with Crippen molar-refractivity contribution in [2.24, 2.45) is 0 Å². The smallest absolute Gasteiger partial charge is 0.262 e. The molecule has 6 heteroatoms. The molecule has 1 atom stereocenters. The molecule has 0 aromatic heterocycles. The number of methoxy groups -OCH3 is 3. The first kappa shape index (κ1) is 18.7. The topological polar surface area (TPSA) is 60.0 Å². The van der Waals surface area contributed by atoms with Gasteiger partial charge in [0.05, 0.1) is 26.9 Å². The van der Waals surface area contributed by atoms with E-state index in [0.717, 1.165) is 16.9 Å². The number of amides is 1. The van der Waals surface area contributed by atoms with E-state index in [2.05, 4.69) is 5.32 Å². The van der Waals surface area contributed by atoms with Crippen LogP contribution in [0.2, 0.25) is 0 Å². The molecule has 0 saturated heterocycles. The van der Waals surface area contributed by atoms with E-state index in [4.69, 9.17) is 14.2 Å². The number of ether oxygens (including phenoxy) is 3. The lowest BCUT2D eigenvalue weighted by atomic mass is 10.0. The van der Waals surface area contributed by atoms with Crippen molar-refractivity contribution in [3.05, 3.63) is 77.9 Å². The maximum Gasteiger partial charge on any atom is 0.262 e. The van der Waals surface area contributed by atoms with Gasteiger partial charge in [-0.25, -0.2) is 0 Å². The molecule has 1 aliphatic heterocycles. The Bertz CT molecular complexity index is 1040. The molecule has 3 aromatic rings. The number of anilines is 2. The fourth-order valence-corrected chi connectivity index (χ4v) is 3.59. The third-order valence-corrected chi connectivity index (χ3v) is 4.99. The average molecular weight is 390 g/mol. The monoisotopic (exact) mass is 390 g/mol. The van der Waals surface area contributed by atoms with Crippen LogP contribution in [-0.4, -0.2) is 27.2 Å². The van der Waals surface area contributed by atoms with Crippen molar-refractivity contribution in [1.29, 1.82) is 0 Å². The second-order valence-electron chi connectivity index (χ2n) is 6.55. The van der Waals surface area contributed by atoms with E-state index < -0.39 is 6.17 Å². The minimum atomic E-state index is -0.491. The van der Waals surface area contributed by atoms with Gasteiger partial charge in [-0.1, -0.05) is 30.3 Å². The quantitative estimate of drug-likeness (QED) is 0.696. The van der Waals surface area contributed by atoms with Crippen LogP contribution in [0.5, 0.6) is 17.2 Å². The highest BCUT2D eigenvalue weighted by atomic mass is 16.5. The molecule has 0 bridgehead atoms. The van der Waals surface area contributed by atoms with Crippen LogP contribution in [0.1, 0.15) is 22.1 Å². The van der Waals surface area contributed by atoms with Crippen LogP contribution < -0.4 is 24.4 Å². The van der Waals surface area contributed by atoms with Crippen LogP contribution >= 0.6 is 0 Å². The summed E-state index contributed by atoms with van der Waals surface area (Å²) in [4.78, 5) is 15.2. The van der Waals surface area contributed by atoms with E-state index in [1.807, 2.05) is 60.7 Å². The summed E-state index contributed by atoms with van der Waals surface area (Å²) >= 11 is 0. The molecule has 1 N–H and O–H groups in total. The van der Waals surface area contributed by atoms with Crippen LogP contribution in [0.3, 0.4) is 0 Å². The Labute approximate surface area is 169 Å². The Hall–Kier alpha value is -3.67. The zero-order chi connectivity index (χ0) is 20.4. The van der Waals surface area contributed by atoms with Crippen LogP contribution in [0.25, 0.3) is 0 Å². The molecule has 0 spiro atoms. The van der Waals surface area contributed by atoms with Gasteiger partial charge >= 0.3 is 0 Å². The molecule has 1 heterocycles. The zero-order valence-electron chi connectivity index (χ0n) is 16.5. The lowest BCUT2D eigenvalue weighted by Crippen LogP contribution is -2.43. The van der Waals surface area contributed by atoms with Gasteiger partial charge in [0.1, 0.15) is 11.9 Å². The molecule has 0 aliphatic carbocycles. The maximum absolute atomic E-state index is 13.5. The van der Waals surface area contributed by atoms with Gasteiger partial charge in [-0.15, -0.1) is 0 Å². The second-order valence-corrected chi connectivity index (χ2v) is 6.55. The Morgan fingerprint density at radius 2 is 1.41 bits per heavy atom. The summed E-state index contributed by atoms with van der Waals surface area (Å²) in [5.74, 6) is 1.62. The van der Waals surface area contributed by atoms with Crippen molar-refractivity contribution in [3.8, 4) is 17.2 Å². The summed E-state index contributed by atoms with van der Waals surface area (Å²) in [6.45, 7) is 0. The Kier molecular flexibility index (Phi) is 4.99. The van der Waals surface area contributed by atoms with Gasteiger partial charge in [0.15, 0.2) is 11.5 Å². The summed E-state index contributed by atoms with van der Waals surface area (Å²) in [5, 5.41) is 3.48. The summed E-state index contributed by atoms with van der Waals surface area (Å²) in [6, 6.07) is 20.7. The highest BCUT2D eigenvalue weighted by molar-refractivity contribution is 6.12. The highest BCUT2D eigenvalue weighted by Crippen LogP contribution is 2.43. The minimum Gasteiger partial charge on any atom is -0.496 e. The number of benzene rings is 3. The SMILES string of the molecule is COc1cc(OC)c([C@@H]2Nc3ccccc3C(=O)N2c2ccccc2)cc1OC. The number of carbonyl (C=O) groups excluding carboxylic acids is 1. The predicted molar refractivity (Wildman–Crippen MR) is 112 cm³/mol. The van der Waals surface area contributed by atoms with E-state index >= 15 is 0 Å². The summed E-state index contributed by atoms with van der Waals surface area (Å²) in [7, 11) is 4.75. The van der Waals surface area contributed by atoms with E-state index in [-0.39, 0.29) is 5.91 Å². The summed E-state index contributed by atoms with van der Waals surface area (Å²) in [5.41, 5.74) is 2.93. The zero-order valence-corrected chi connectivity index (χ0v) is 16.5. The van der Waals surface area contributed by atoms with Crippen molar-refractivity contribution in [3.63, 3.8) is 0 Å². The van der Waals surface area contributed by atoms with Gasteiger partial charge in [0.25, 0.3) is 5.91 Å². The molecular formula is C23H22N2O4. The number of fused-ring (bicyclic) bond motifs is 1. The highest BCUT2D eigenvalue weighted by Gasteiger charge is 2.36. The lowest BCUT2D eigenvalue weighted by molar-refractivity contribution is 0.0974.